The minimum atomic E-state index is 0.324. The first-order valence-corrected chi connectivity index (χ1v) is 5.63. The summed E-state index contributed by atoms with van der Waals surface area (Å²) in [6, 6.07) is 2.29. The largest absolute Gasteiger partial charge is 0.383 e. The Morgan fingerprint density at radius 3 is 2.88 bits per heavy atom. The molecule has 0 amide bonds. The van der Waals surface area contributed by atoms with E-state index in [1.807, 2.05) is 12.3 Å². The fourth-order valence-electron chi connectivity index (χ4n) is 1.90. The zero-order chi connectivity index (χ0) is 12.0. The van der Waals surface area contributed by atoms with E-state index >= 15 is 0 Å². The molecule has 0 aliphatic rings. The van der Waals surface area contributed by atoms with Crippen LogP contribution < -0.4 is 10.6 Å². The van der Waals surface area contributed by atoms with Gasteiger partial charge < -0.3 is 15.4 Å². The van der Waals surface area contributed by atoms with Gasteiger partial charge in [0, 0.05) is 32.4 Å². The van der Waals surface area contributed by atoms with Crippen molar-refractivity contribution in [1.29, 1.82) is 0 Å². The molecule has 1 atom stereocenters. The second kappa shape index (κ2) is 6.45. The molecular formula is C12H21N3O. The fourth-order valence-corrected chi connectivity index (χ4v) is 1.90. The van der Waals surface area contributed by atoms with Gasteiger partial charge in [0.15, 0.2) is 0 Å². The molecule has 1 aromatic heterocycles. The summed E-state index contributed by atoms with van der Waals surface area (Å²) in [5.41, 5.74) is 7.96. The van der Waals surface area contributed by atoms with Crippen molar-refractivity contribution in [3.8, 4) is 0 Å². The van der Waals surface area contributed by atoms with Crippen molar-refractivity contribution in [3.63, 3.8) is 0 Å². The van der Waals surface area contributed by atoms with Crippen LogP contribution in [0.3, 0.4) is 0 Å². The summed E-state index contributed by atoms with van der Waals surface area (Å²) in [4.78, 5) is 6.43. The number of rotatable bonds is 6. The summed E-state index contributed by atoms with van der Waals surface area (Å²) in [5.74, 6) is 0. The summed E-state index contributed by atoms with van der Waals surface area (Å²) < 4.78 is 5.19. The van der Waals surface area contributed by atoms with Gasteiger partial charge in [0.2, 0.25) is 0 Å². The Bertz CT molecular complexity index is 317. The number of nitrogens with two attached hydrogens (primary N) is 1. The SMILES string of the molecule is CCN(c1cnccc1CN)C(C)COC. The Hall–Kier alpha value is -1.13. The van der Waals surface area contributed by atoms with E-state index in [0.29, 0.717) is 19.2 Å². The van der Waals surface area contributed by atoms with Crippen molar-refractivity contribution < 1.29 is 4.74 Å². The molecule has 1 rings (SSSR count). The molecule has 0 fully saturated rings. The highest BCUT2D eigenvalue weighted by Crippen LogP contribution is 2.20. The molecule has 0 saturated heterocycles. The maximum absolute atomic E-state index is 5.73. The van der Waals surface area contributed by atoms with Crippen LogP contribution in [0.1, 0.15) is 19.4 Å². The molecule has 0 bridgehead atoms. The van der Waals surface area contributed by atoms with Gasteiger partial charge in [0.05, 0.1) is 18.5 Å². The van der Waals surface area contributed by atoms with Crippen LogP contribution in [-0.2, 0) is 11.3 Å². The minimum absolute atomic E-state index is 0.324. The van der Waals surface area contributed by atoms with Crippen LogP contribution in [0.5, 0.6) is 0 Å². The van der Waals surface area contributed by atoms with E-state index in [9.17, 15) is 0 Å². The molecule has 90 valence electrons. The minimum Gasteiger partial charge on any atom is -0.383 e. The third kappa shape index (κ3) is 2.93. The summed E-state index contributed by atoms with van der Waals surface area (Å²) in [5, 5.41) is 0. The Balaban J connectivity index is 2.93. The lowest BCUT2D eigenvalue weighted by molar-refractivity contribution is 0.182. The molecule has 4 nitrogen and oxygen atoms in total. The van der Waals surface area contributed by atoms with Crippen molar-refractivity contribution in [2.45, 2.75) is 26.4 Å². The predicted molar refractivity (Wildman–Crippen MR) is 66.5 cm³/mol. The van der Waals surface area contributed by atoms with Gasteiger partial charge in [-0.25, -0.2) is 0 Å². The van der Waals surface area contributed by atoms with E-state index in [0.717, 1.165) is 17.8 Å². The molecule has 1 aromatic rings. The standard InChI is InChI=1S/C12H21N3O/c1-4-15(10(2)9-16-3)12-8-14-6-5-11(12)7-13/h5-6,8,10H,4,7,9,13H2,1-3H3. The molecule has 0 aliphatic carbocycles. The Morgan fingerprint density at radius 2 is 2.31 bits per heavy atom. The van der Waals surface area contributed by atoms with Gasteiger partial charge in [-0.1, -0.05) is 0 Å². The van der Waals surface area contributed by atoms with Gasteiger partial charge in [-0.3, -0.25) is 4.98 Å². The number of hydrogen-bond acceptors (Lipinski definition) is 4. The lowest BCUT2D eigenvalue weighted by atomic mass is 10.1. The highest BCUT2D eigenvalue weighted by atomic mass is 16.5. The topological polar surface area (TPSA) is 51.4 Å². The second-order valence-corrected chi connectivity index (χ2v) is 3.80. The van der Waals surface area contributed by atoms with Gasteiger partial charge in [-0.2, -0.15) is 0 Å². The quantitative estimate of drug-likeness (QED) is 0.792. The van der Waals surface area contributed by atoms with Crippen molar-refractivity contribution in [2.24, 2.45) is 5.73 Å². The number of ether oxygens (including phenoxy) is 1. The van der Waals surface area contributed by atoms with E-state index in [1.54, 1.807) is 13.3 Å². The number of methoxy groups -OCH3 is 1. The lowest BCUT2D eigenvalue weighted by Crippen LogP contribution is -2.37. The van der Waals surface area contributed by atoms with E-state index in [4.69, 9.17) is 10.5 Å². The fraction of sp³-hybridized carbons (Fsp3) is 0.583. The summed E-state index contributed by atoms with van der Waals surface area (Å²) >= 11 is 0. The van der Waals surface area contributed by atoms with Gasteiger partial charge in [-0.05, 0) is 25.5 Å². The molecule has 2 N–H and O–H groups in total. The average molecular weight is 223 g/mol. The molecule has 0 radical (unpaired) electrons. The predicted octanol–water partition coefficient (Wildman–Crippen LogP) is 1.40. The highest BCUT2D eigenvalue weighted by molar-refractivity contribution is 5.52. The van der Waals surface area contributed by atoms with Crippen LogP contribution in [0.15, 0.2) is 18.5 Å². The number of hydrogen-bond donors (Lipinski definition) is 1. The normalized spacial score (nSPS) is 12.5. The third-order valence-corrected chi connectivity index (χ3v) is 2.70. The molecule has 1 heterocycles. The van der Waals surface area contributed by atoms with E-state index in [1.165, 1.54) is 0 Å². The van der Waals surface area contributed by atoms with Gasteiger partial charge in [-0.15, -0.1) is 0 Å². The number of nitrogens with zero attached hydrogens (tertiary/aromatic N) is 2. The smallest absolute Gasteiger partial charge is 0.0663 e. The molecular weight excluding hydrogens is 202 g/mol. The van der Waals surface area contributed by atoms with Crippen molar-refractivity contribution in [2.75, 3.05) is 25.2 Å². The zero-order valence-corrected chi connectivity index (χ0v) is 10.3. The van der Waals surface area contributed by atoms with E-state index < -0.39 is 0 Å². The van der Waals surface area contributed by atoms with Crippen LogP contribution in [0.2, 0.25) is 0 Å². The molecule has 0 saturated carbocycles. The maximum atomic E-state index is 5.73. The molecule has 0 aromatic carbocycles. The average Bonchev–Trinajstić information content (AvgIpc) is 2.31. The number of likely N-dealkylation sites (N-methyl/N-ethyl adjacent to an activating group) is 1. The molecule has 0 spiro atoms. The Labute approximate surface area is 97.4 Å². The van der Waals surface area contributed by atoms with Crippen LogP contribution in [0.25, 0.3) is 0 Å². The summed E-state index contributed by atoms with van der Waals surface area (Å²) in [6.07, 6.45) is 3.65. The van der Waals surface area contributed by atoms with Crippen LogP contribution in [0.4, 0.5) is 5.69 Å². The summed E-state index contributed by atoms with van der Waals surface area (Å²) in [6.45, 7) is 6.42. The zero-order valence-electron chi connectivity index (χ0n) is 10.3. The van der Waals surface area contributed by atoms with Gasteiger partial charge >= 0.3 is 0 Å². The van der Waals surface area contributed by atoms with E-state index in [2.05, 4.69) is 23.7 Å². The van der Waals surface area contributed by atoms with Crippen molar-refractivity contribution >= 4 is 5.69 Å². The van der Waals surface area contributed by atoms with Crippen LogP contribution >= 0.6 is 0 Å². The first-order valence-electron chi connectivity index (χ1n) is 5.63. The molecule has 1 unspecified atom stereocenters. The van der Waals surface area contributed by atoms with E-state index in [-0.39, 0.29) is 0 Å². The lowest BCUT2D eigenvalue weighted by Gasteiger charge is -2.31. The summed E-state index contributed by atoms with van der Waals surface area (Å²) in [7, 11) is 1.72. The van der Waals surface area contributed by atoms with Crippen molar-refractivity contribution in [1.82, 2.24) is 4.98 Å². The first kappa shape index (κ1) is 12.9. The highest BCUT2D eigenvalue weighted by Gasteiger charge is 2.15. The molecule has 4 heteroatoms. The van der Waals surface area contributed by atoms with Crippen LogP contribution in [0, 0.1) is 0 Å². The number of anilines is 1. The van der Waals surface area contributed by atoms with Crippen LogP contribution in [-0.4, -0.2) is 31.3 Å². The third-order valence-electron chi connectivity index (χ3n) is 2.70. The number of aromatic nitrogens is 1. The molecule has 16 heavy (non-hydrogen) atoms. The van der Waals surface area contributed by atoms with Gasteiger partial charge in [0.1, 0.15) is 0 Å². The Kier molecular flexibility index (Phi) is 5.22. The van der Waals surface area contributed by atoms with Gasteiger partial charge in [0.25, 0.3) is 0 Å². The number of pyridine rings is 1. The monoisotopic (exact) mass is 223 g/mol. The van der Waals surface area contributed by atoms with Crippen molar-refractivity contribution in [3.05, 3.63) is 24.0 Å². The first-order chi connectivity index (χ1) is 7.74. The Morgan fingerprint density at radius 1 is 1.56 bits per heavy atom. The second-order valence-electron chi connectivity index (χ2n) is 3.80. The molecule has 0 aliphatic heterocycles. The maximum Gasteiger partial charge on any atom is 0.0663 e.